The summed E-state index contributed by atoms with van der Waals surface area (Å²) in [7, 11) is 0. The van der Waals surface area contributed by atoms with Gasteiger partial charge in [0.2, 0.25) is 5.71 Å². The van der Waals surface area contributed by atoms with Gasteiger partial charge in [0.1, 0.15) is 18.5 Å². The summed E-state index contributed by atoms with van der Waals surface area (Å²) in [5.41, 5.74) is 4.66. The molecule has 92 valence electrons. The van der Waals surface area contributed by atoms with E-state index in [1.54, 1.807) is 12.1 Å². The summed E-state index contributed by atoms with van der Waals surface area (Å²) < 4.78 is 1.45. The van der Waals surface area contributed by atoms with Crippen LogP contribution in [-0.4, -0.2) is 25.9 Å². The highest BCUT2D eigenvalue weighted by Gasteiger charge is 2.06. The van der Waals surface area contributed by atoms with Gasteiger partial charge in [0.25, 0.3) is 0 Å². The minimum absolute atomic E-state index is 0.260. The summed E-state index contributed by atoms with van der Waals surface area (Å²) in [5, 5.41) is 31.9. The first-order chi connectivity index (χ1) is 9.24. The van der Waals surface area contributed by atoms with Gasteiger partial charge in [0, 0.05) is 0 Å². The number of hydrogen-bond acceptors (Lipinski definition) is 7. The number of nitriles is 2. The Labute approximate surface area is 108 Å². The molecule has 1 heterocycles. The van der Waals surface area contributed by atoms with E-state index in [-0.39, 0.29) is 5.71 Å². The SMILES string of the molecule is Cc1ccc(-n2cnnn2)c(NN=C(C#N)C#N)c1. The van der Waals surface area contributed by atoms with E-state index in [2.05, 4.69) is 26.1 Å². The molecule has 0 radical (unpaired) electrons. The van der Waals surface area contributed by atoms with Gasteiger partial charge in [-0.15, -0.1) is 5.10 Å². The molecule has 0 aliphatic heterocycles. The molecule has 2 rings (SSSR count). The first kappa shape index (κ1) is 12.2. The summed E-state index contributed by atoms with van der Waals surface area (Å²) in [6.07, 6.45) is 1.44. The van der Waals surface area contributed by atoms with Gasteiger partial charge in [0.15, 0.2) is 0 Å². The van der Waals surface area contributed by atoms with E-state index in [9.17, 15) is 0 Å². The number of rotatable bonds is 3. The van der Waals surface area contributed by atoms with Crippen LogP contribution in [0.5, 0.6) is 0 Å². The molecule has 19 heavy (non-hydrogen) atoms. The number of tetrazole rings is 1. The van der Waals surface area contributed by atoms with Gasteiger partial charge in [-0.25, -0.2) is 0 Å². The molecule has 0 aliphatic carbocycles. The molecule has 1 aromatic heterocycles. The fraction of sp³-hybridized carbons (Fsp3) is 0.0909. The predicted octanol–water partition coefficient (Wildman–Crippen LogP) is 0.786. The standard InChI is InChI=1S/C11H8N8/c1-8-2-3-11(19-7-14-17-18-19)10(4-8)16-15-9(5-12)6-13/h2-4,7,16H,1H3. The monoisotopic (exact) mass is 252 g/mol. The van der Waals surface area contributed by atoms with Crippen LogP contribution in [0.2, 0.25) is 0 Å². The van der Waals surface area contributed by atoms with Gasteiger partial charge in [0.05, 0.1) is 11.4 Å². The van der Waals surface area contributed by atoms with E-state index in [0.29, 0.717) is 11.4 Å². The topological polar surface area (TPSA) is 116 Å². The van der Waals surface area contributed by atoms with Crippen LogP contribution in [0.25, 0.3) is 5.69 Å². The Kier molecular flexibility index (Phi) is 3.46. The Morgan fingerprint density at radius 1 is 1.37 bits per heavy atom. The molecular formula is C11H8N8. The second-order valence-corrected chi connectivity index (χ2v) is 3.57. The van der Waals surface area contributed by atoms with E-state index >= 15 is 0 Å². The molecular weight excluding hydrogens is 244 g/mol. The van der Waals surface area contributed by atoms with Crippen molar-refractivity contribution in [3.63, 3.8) is 0 Å². The molecule has 0 saturated heterocycles. The smallest absolute Gasteiger partial charge is 0.237 e. The number of hydrogen-bond donors (Lipinski definition) is 1. The van der Waals surface area contributed by atoms with Crippen LogP contribution < -0.4 is 5.43 Å². The van der Waals surface area contributed by atoms with Crippen molar-refractivity contribution in [1.29, 1.82) is 10.5 Å². The number of anilines is 1. The van der Waals surface area contributed by atoms with E-state index in [1.165, 1.54) is 11.0 Å². The highest BCUT2D eigenvalue weighted by atomic mass is 15.5. The van der Waals surface area contributed by atoms with Crippen molar-refractivity contribution in [2.24, 2.45) is 5.10 Å². The zero-order valence-electron chi connectivity index (χ0n) is 9.94. The number of nitrogens with zero attached hydrogens (tertiary/aromatic N) is 7. The largest absolute Gasteiger partial charge is 0.274 e. The molecule has 8 heteroatoms. The third-order valence-electron chi connectivity index (χ3n) is 2.25. The average molecular weight is 252 g/mol. The molecule has 0 saturated carbocycles. The Morgan fingerprint density at radius 2 is 2.16 bits per heavy atom. The average Bonchev–Trinajstić information content (AvgIpc) is 2.94. The minimum atomic E-state index is -0.260. The van der Waals surface area contributed by atoms with E-state index in [0.717, 1.165) is 5.56 Å². The van der Waals surface area contributed by atoms with Crippen molar-refractivity contribution in [2.75, 3.05) is 5.43 Å². The van der Waals surface area contributed by atoms with Crippen molar-refractivity contribution < 1.29 is 0 Å². The molecule has 0 unspecified atom stereocenters. The normalized spacial score (nSPS) is 9.21. The van der Waals surface area contributed by atoms with Gasteiger partial charge < -0.3 is 0 Å². The van der Waals surface area contributed by atoms with Crippen molar-refractivity contribution in [3.8, 4) is 17.8 Å². The highest BCUT2D eigenvalue weighted by Crippen LogP contribution is 2.20. The Morgan fingerprint density at radius 3 is 2.79 bits per heavy atom. The van der Waals surface area contributed by atoms with Crippen molar-refractivity contribution in [2.45, 2.75) is 6.92 Å². The van der Waals surface area contributed by atoms with E-state index in [4.69, 9.17) is 10.5 Å². The van der Waals surface area contributed by atoms with Crippen LogP contribution in [0.3, 0.4) is 0 Å². The fourth-order valence-electron chi connectivity index (χ4n) is 1.40. The van der Waals surface area contributed by atoms with Gasteiger partial charge in [-0.1, -0.05) is 6.07 Å². The zero-order valence-corrected chi connectivity index (χ0v) is 9.94. The number of aryl methyl sites for hydroxylation is 1. The van der Waals surface area contributed by atoms with Crippen LogP contribution in [0.15, 0.2) is 29.6 Å². The maximum atomic E-state index is 8.63. The summed E-state index contributed by atoms with van der Waals surface area (Å²) in [4.78, 5) is 0. The molecule has 0 aliphatic rings. The molecule has 0 amide bonds. The summed E-state index contributed by atoms with van der Waals surface area (Å²) in [6.45, 7) is 1.91. The lowest BCUT2D eigenvalue weighted by Crippen LogP contribution is -2.03. The summed E-state index contributed by atoms with van der Waals surface area (Å²) in [6, 6.07) is 8.85. The number of aromatic nitrogens is 4. The van der Waals surface area contributed by atoms with Crippen LogP contribution in [0.4, 0.5) is 5.69 Å². The molecule has 8 nitrogen and oxygen atoms in total. The zero-order chi connectivity index (χ0) is 13.7. The molecule has 1 N–H and O–H groups in total. The van der Waals surface area contributed by atoms with Crippen molar-refractivity contribution in [1.82, 2.24) is 20.2 Å². The highest BCUT2D eigenvalue weighted by molar-refractivity contribution is 6.10. The molecule has 0 bridgehead atoms. The van der Waals surface area contributed by atoms with E-state index in [1.807, 2.05) is 25.1 Å². The van der Waals surface area contributed by atoms with Gasteiger partial charge in [-0.05, 0) is 35.0 Å². The first-order valence-electron chi connectivity index (χ1n) is 5.22. The Bertz CT molecular complexity index is 670. The Balaban J connectivity index is 2.40. The fourth-order valence-corrected chi connectivity index (χ4v) is 1.40. The van der Waals surface area contributed by atoms with Gasteiger partial charge in [-0.2, -0.15) is 20.3 Å². The molecule has 0 fully saturated rings. The lowest BCUT2D eigenvalue weighted by molar-refractivity contribution is 0.789. The van der Waals surface area contributed by atoms with Crippen LogP contribution >= 0.6 is 0 Å². The van der Waals surface area contributed by atoms with Gasteiger partial charge >= 0.3 is 0 Å². The molecule has 1 aromatic carbocycles. The maximum absolute atomic E-state index is 8.63. The number of hydrazone groups is 1. The van der Waals surface area contributed by atoms with Crippen molar-refractivity contribution >= 4 is 11.4 Å². The predicted molar refractivity (Wildman–Crippen MR) is 66.2 cm³/mol. The lowest BCUT2D eigenvalue weighted by Gasteiger charge is -2.08. The second kappa shape index (κ2) is 5.38. The third-order valence-corrected chi connectivity index (χ3v) is 2.25. The molecule has 0 atom stereocenters. The molecule has 2 aromatic rings. The first-order valence-corrected chi connectivity index (χ1v) is 5.22. The number of nitrogens with one attached hydrogen (secondary N) is 1. The van der Waals surface area contributed by atoms with Crippen LogP contribution in [0.1, 0.15) is 5.56 Å². The quantitative estimate of drug-likeness (QED) is 0.637. The van der Waals surface area contributed by atoms with Gasteiger partial charge in [-0.3, -0.25) is 5.43 Å². The third kappa shape index (κ3) is 2.70. The summed E-state index contributed by atoms with van der Waals surface area (Å²) in [5.74, 6) is 0. The van der Waals surface area contributed by atoms with Crippen LogP contribution in [0, 0.1) is 29.6 Å². The second-order valence-electron chi connectivity index (χ2n) is 3.57. The molecule has 0 spiro atoms. The van der Waals surface area contributed by atoms with E-state index < -0.39 is 0 Å². The lowest BCUT2D eigenvalue weighted by atomic mass is 10.2. The van der Waals surface area contributed by atoms with Crippen molar-refractivity contribution in [3.05, 3.63) is 30.1 Å². The summed E-state index contributed by atoms with van der Waals surface area (Å²) >= 11 is 0. The number of benzene rings is 1. The Hall–Kier alpha value is -3.26. The minimum Gasteiger partial charge on any atom is -0.274 e. The van der Waals surface area contributed by atoms with Crippen LogP contribution in [-0.2, 0) is 0 Å². The maximum Gasteiger partial charge on any atom is 0.237 e.